The molecule has 2 aromatic rings. The minimum Gasteiger partial charge on any atom is -0.497 e. The quantitative estimate of drug-likeness (QED) is 0.814. The Bertz CT molecular complexity index is 584. The molecule has 0 radical (unpaired) electrons. The number of ether oxygens (including phenoxy) is 1. The molecule has 0 unspecified atom stereocenters. The molecule has 0 amide bonds. The Labute approximate surface area is 122 Å². The standard InChI is InChI=1S/C13H19N5OS/c1-9-6-12(19-3)7-11(15-9)8-20-13-17-16-10(2)18(13)5-4-14/h6-7H,4-5,8,14H2,1-3H3. The van der Waals surface area contributed by atoms with Crippen LogP contribution in [0.2, 0.25) is 0 Å². The van der Waals surface area contributed by atoms with Crippen molar-refractivity contribution >= 4 is 11.8 Å². The summed E-state index contributed by atoms with van der Waals surface area (Å²) in [5.41, 5.74) is 7.52. The number of pyridine rings is 1. The number of hydrogen-bond donors (Lipinski definition) is 1. The van der Waals surface area contributed by atoms with Crippen LogP contribution in [0.15, 0.2) is 17.3 Å². The van der Waals surface area contributed by atoms with E-state index in [0.29, 0.717) is 6.54 Å². The van der Waals surface area contributed by atoms with E-state index < -0.39 is 0 Å². The van der Waals surface area contributed by atoms with Crippen molar-refractivity contribution in [3.8, 4) is 5.75 Å². The van der Waals surface area contributed by atoms with Gasteiger partial charge in [-0.15, -0.1) is 10.2 Å². The first-order valence-electron chi connectivity index (χ1n) is 6.38. The number of thioether (sulfide) groups is 1. The summed E-state index contributed by atoms with van der Waals surface area (Å²) in [6.07, 6.45) is 0. The van der Waals surface area contributed by atoms with Gasteiger partial charge in [-0.05, 0) is 13.8 Å². The summed E-state index contributed by atoms with van der Waals surface area (Å²) < 4.78 is 7.28. The van der Waals surface area contributed by atoms with Crippen LogP contribution in [0.1, 0.15) is 17.2 Å². The highest BCUT2D eigenvalue weighted by Crippen LogP contribution is 2.23. The second-order valence-electron chi connectivity index (χ2n) is 4.40. The third-order valence-electron chi connectivity index (χ3n) is 2.82. The molecule has 0 spiro atoms. The van der Waals surface area contributed by atoms with Crippen molar-refractivity contribution < 1.29 is 4.74 Å². The summed E-state index contributed by atoms with van der Waals surface area (Å²) >= 11 is 1.60. The second-order valence-corrected chi connectivity index (χ2v) is 5.34. The first-order valence-corrected chi connectivity index (χ1v) is 7.37. The molecular weight excluding hydrogens is 274 g/mol. The van der Waals surface area contributed by atoms with Crippen LogP contribution in [0.3, 0.4) is 0 Å². The summed E-state index contributed by atoms with van der Waals surface area (Å²) in [6.45, 7) is 5.19. The van der Waals surface area contributed by atoms with E-state index in [-0.39, 0.29) is 0 Å². The van der Waals surface area contributed by atoms with Gasteiger partial charge in [0.05, 0.1) is 12.8 Å². The molecule has 2 aromatic heterocycles. The molecular formula is C13H19N5OS. The minimum atomic E-state index is 0.572. The van der Waals surface area contributed by atoms with Crippen LogP contribution in [0.5, 0.6) is 5.75 Å². The first kappa shape index (κ1) is 14.8. The number of aryl methyl sites for hydroxylation is 2. The maximum absolute atomic E-state index is 5.61. The average Bonchev–Trinajstić information content (AvgIpc) is 2.77. The Kier molecular flexibility index (Phi) is 4.97. The first-order chi connectivity index (χ1) is 9.63. The van der Waals surface area contributed by atoms with Gasteiger partial charge in [0.2, 0.25) is 0 Å². The smallest absolute Gasteiger partial charge is 0.191 e. The van der Waals surface area contributed by atoms with Crippen molar-refractivity contribution in [3.63, 3.8) is 0 Å². The van der Waals surface area contributed by atoms with E-state index in [4.69, 9.17) is 10.5 Å². The lowest BCUT2D eigenvalue weighted by molar-refractivity contribution is 0.413. The van der Waals surface area contributed by atoms with Crippen LogP contribution in [-0.4, -0.2) is 33.4 Å². The molecule has 2 rings (SSSR count). The van der Waals surface area contributed by atoms with Crippen LogP contribution in [-0.2, 0) is 12.3 Å². The zero-order valence-electron chi connectivity index (χ0n) is 12.0. The summed E-state index contributed by atoms with van der Waals surface area (Å²) in [4.78, 5) is 4.50. The molecule has 2 heterocycles. The fourth-order valence-corrected chi connectivity index (χ4v) is 2.79. The van der Waals surface area contributed by atoms with E-state index in [2.05, 4.69) is 15.2 Å². The van der Waals surface area contributed by atoms with E-state index >= 15 is 0 Å². The maximum Gasteiger partial charge on any atom is 0.191 e. The van der Waals surface area contributed by atoms with Gasteiger partial charge in [0.25, 0.3) is 0 Å². The molecule has 0 saturated heterocycles. The van der Waals surface area contributed by atoms with Crippen molar-refractivity contribution in [2.24, 2.45) is 5.73 Å². The monoisotopic (exact) mass is 293 g/mol. The molecule has 6 nitrogen and oxygen atoms in total. The van der Waals surface area contributed by atoms with Gasteiger partial charge in [-0.2, -0.15) is 0 Å². The van der Waals surface area contributed by atoms with Crippen LogP contribution < -0.4 is 10.5 Å². The lowest BCUT2D eigenvalue weighted by Crippen LogP contribution is -2.12. The topological polar surface area (TPSA) is 78.9 Å². The second kappa shape index (κ2) is 6.71. The van der Waals surface area contributed by atoms with Crippen molar-refractivity contribution in [2.75, 3.05) is 13.7 Å². The van der Waals surface area contributed by atoms with Gasteiger partial charge in [-0.25, -0.2) is 0 Å². The van der Waals surface area contributed by atoms with Crippen molar-refractivity contribution in [1.82, 2.24) is 19.7 Å². The largest absolute Gasteiger partial charge is 0.497 e. The predicted molar refractivity (Wildman–Crippen MR) is 78.9 cm³/mol. The molecule has 0 saturated carbocycles. The zero-order chi connectivity index (χ0) is 14.5. The van der Waals surface area contributed by atoms with Crippen molar-refractivity contribution in [1.29, 1.82) is 0 Å². The molecule has 0 atom stereocenters. The van der Waals surface area contributed by atoms with Crippen molar-refractivity contribution in [2.45, 2.75) is 31.3 Å². The number of hydrogen-bond acceptors (Lipinski definition) is 6. The molecule has 0 fully saturated rings. The van der Waals surface area contributed by atoms with E-state index in [1.165, 1.54) is 0 Å². The molecule has 108 valence electrons. The summed E-state index contributed by atoms with van der Waals surface area (Å²) in [6, 6.07) is 3.85. The fourth-order valence-electron chi connectivity index (χ4n) is 1.89. The van der Waals surface area contributed by atoms with Gasteiger partial charge in [0.1, 0.15) is 11.6 Å². The Hall–Kier alpha value is -1.60. The van der Waals surface area contributed by atoms with Gasteiger partial charge < -0.3 is 15.0 Å². The highest BCUT2D eigenvalue weighted by molar-refractivity contribution is 7.98. The Balaban J connectivity index is 2.10. The number of rotatable bonds is 6. The Morgan fingerprint density at radius 2 is 2.10 bits per heavy atom. The SMILES string of the molecule is COc1cc(C)nc(CSc2nnc(C)n2CCN)c1. The van der Waals surface area contributed by atoms with Gasteiger partial charge in [-0.1, -0.05) is 11.8 Å². The molecule has 0 aromatic carbocycles. The fraction of sp³-hybridized carbons (Fsp3) is 0.462. The molecule has 20 heavy (non-hydrogen) atoms. The number of nitrogens with zero attached hydrogens (tertiary/aromatic N) is 4. The van der Waals surface area contributed by atoms with Crippen LogP contribution in [0.4, 0.5) is 0 Å². The van der Waals surface area contributed by atoms with Crippen molar-refractivity contribution in [3.05, 3.63) is 29.3 Å². The minimum absolute atomic E-state index is 0.572. The predicted octanol–water partition coefficient (Wildman–Crippen LogP) is 1.55. The lowest BCUT2D eigenvalue weighted by Gasteiger charge is -2.07. The third-order valence-corrected chi connectivity index (χ3v) is 3.82. The van der Waals surface area contributed by atoms with E-state index in [1.54, 1.807) is 18.9 Å². The molecule has 0 aliphatic heterocycles. The highest BCUT2D eigenvalue weighted by Gasteiger charge is 2.10. The van der Waals surface area contributed by atoms with Gasteiger partial charge in [-0.3, -0.25) is 4.98 Å². The average molecular weight is 293 g/mol. The molecule has 2 N–H and O–H groups in total. The van der Waals surface area contributed by atoms with E-state index in [9.17, 15) is 0 Å². The normalized spacial score (nSPS) is 10.8. The van der Waals surface area contributed by atoms with Crippen LogP contribution in [0.25, 0.3) is 0 Å². The Morgan fingerprint density at radius 1 is 1.30 bits per heavy atom. The molecule has 0 aliphatic carbocycles. The molecule has 7 heteroatoms. The van der Waals surface area contributed by atoms with Crippen LogP contribution >= 0.6 is 11.8 Å². The number of nitrogens with two attached hydrogens (primary N) is 1. The molecule has 0 bridgehead atoms. The van der Waals surface area contributed by atoms with E-state index in [1.807, 2.05) is 30.5 Å². The lowest BCUT2D eigenvalue weighted by atomic mass is 10.3. The summed E-state index contributed by atoms with van der Waals surface area (Å²) in [5.74, 6) is 2.43. The van der Waals surface area contributed by atoms with Gasteiger partial charge in [0.15, 0.2) is 5.16 Å². The number of methoxy groups -OCH3 is 1. The summed E-state index contributed by atoms with van der Waals surface area (Å²) in [7, 11) is 1.66. The van der Waals surface area contributed by atoms with Gasteiger partial charge >= 0.3 is 0 Å². The van der Waals surface area contributed by atoms with Gasteiger partial charge in [0, 0.05) is 36.7 Å². The third kappa shape index (κ3) is 3.49. The summed E-state index contributed by atoms with van der Waals surface area (Å²) in [5, 5.41) is 9.14. The maximum atomic E-state index is 5.61. The van der Waals surface area contributed by atoms with Crippen LogP contribution in [0, 0.1) is 13.8 Å². The number of aromatic nitrogens is 4. The zero-order valence-corrected chi connectivity index (χ0v) is 12.8. The highest BCUT2D eigenvalue weighted by atomic mass is 32.2. The molecule has 0 aliphatic rings. The Morgan fingerprint density at radius 3 is 2.80 bits per heavy atom. The van der Waals surface area contributed by atoms with E-state index in [0.717, 1.165) is 40.4 Å².